The third-order valence-electron chi connectivity index (χ3n) is 4.38. The maximum Gasteiger partial charge on any atom is 0.0583 e. The van der Waals surface area contributed by atoms with Crippen molar-refractivity contribution in [2.45, 2.75) is 56.7 Å². The summed E-state index contributed by atoms with van der Waals surface area (Å²) in [5.74, 6) is 0.624. The standard InChI is InChI=1S/C11H19NO/c13-11-5-1-4-10-9(11)7-8-3-2-6-12(8)10/h8-11,13H,1-7H2/t8-,9+,10+,11-/m1/s1. The van der Waals surface area contributed by atoms with Gasteiger partial charge in [-0.3, -0.25) is 4.90 Å². The van der Waals surface area contributed by atoms with Gasteiger partial charge in [0.1, 0.15) is 0 Å². The second-order valence-electron chi connectivity index (χ2n) is 5.00. The topological polar surface area (TPSA) is 23.5 Å². The first-order valence-electron chi connectivity index (χ1n) is 5.80. The number of rotatable bonds is 0. The van der Waals surface area contributed by atoms with Crippen molar-refractivity contribution >= 4 is 0 Å². The fourth-order valence-electron chi connectivity index (χ4n) is 3.81. The predicted molar refractivity (Wildman–Crippen MR) is 51.5 cm³/mol. The Bertz CT molecular complexity index is 206. The monoisotopic (exact) mass is 181 g/mol. The zero-order chi connectivity index (χ0) is 8.84. The number of aliphatic hydroxyl groups excluding tert-OH is 1. The Labute approximate surface area is 79.9 Å². The van der Waals surface area contributed by atoms with E-state index in [1.54, 1.807) is 0 Å². The van der Waals surface area contributed by atoms with Crippen LogP contribution in [0.15, 0.2) is 0 Å². The van der Waals surface area contributed by atoms with Gasteiger partial charge in [-0.15, -0.1) is 0 Å². The van der Waals surface area contributed by atoms with Crippen LogP contribution in [0.5, 0.6) is 0 Å². The molecule has 2 heterocycles. The lowest BCUT2D eigenvalue weighted by Gasteiger charge is -2.34. The Morgan fingerprint density at radius 2 is 2.00 bits per heavy atom. The molecule has 3 fully saturated rings. The van der Waals surface area contributed by atoms with E-state index in [2.05, 4.69) is 4.90 Å². The molecule has 2 saturated heterocycles. The van der Waals surface area contributed by atoms with Crippen molar-refractivity contribution in [2.75, 3.05) is 6.54 Å². The first-order chi connectivity index (χ1) is 6.36. The van der Waals surface area contributed by atoms with Crippen LogP contribution in [0.4, 0.5) is 0 Å². The Morgan fingerprint density at radius 1 is 1.08 bits per heavy atom. The molecule has 3 rings (SSSR count). The third-order valence-corrected chi connectivity index (χ3v) is 4.38. The highest BCUT2D eigenvalue weighted by atomic mass is 16.3. The molecule has 3 aliphatic rings. The van der Waals surface area contributed by atoms with E-state index in [0.29, 0.717) is 5.92 Å². The van der Waals surface area contributed by atoms with Gasteiger partial charge in [-0.2, -0.15) is 0 Å². The summed E-state index contributed by atoms with van der Waals surface area (Å²) in [6, 6.07) is 1.58. The summed E-state index contributed by atoms with van der Waals surface area (Å²) in [6.07, 6.45) is 7.73. The lowest BCUT2D eigenvalue weighted by Crippen LogP contribution is -2.40. The molecule has 2 aliphatic heterocycles. The van der Waals surface area contributed by atoms with Gasteiger partial charge in [-0.1, -0.05) is 0 Å². The molecule has 0 unspecified atom stereocenters. The molecule has 0 bridgehead atoms. The van der Waals surface area contributed by atoms with Crippen molar-refractivity contribution in [3.8, 4) is 0 Å². The summed E-state index contributed by atoms with van der Waals surface area (Å²) < 4.78 is 0. The van der Waals surface area contributed by atoms with Crippen LogP contribution in [-0.4, -0.2) is 34.7 Å². The van der Waals surface area contributed by atoms with E-state index in [0.717, 1.165) is 18.5 Å². The summed E-state index contributed by atoms with van der Waals surface area (Å²) in [5, 5.41) is 9.91. The van der Waals surface area contributed by atoms with Gasteiger partial charge in [0.25, 0.3) is 0 Å². The largest absolute Gasteiger partial charge is 0.393 e. The van der Waals surface area contributed by atoms with E-state index in [1.807, 2.05) is 0 Å². The van der Waals surface area contributed by atoms with Crippen LogP contribution in [-0.2, 0) is 0 Å². The number of hydrogen-bond donors (Lipinski definition) is 1. The van der Waals surface area contributed by atoms with Crippen molar-refractivity contribution < 1.29 is 5.11 Å². The van der Waals surface area contributed by atoms with Crippen LogP contribution < -0.4 is 0 Å². The summed E-state index contributed by atoms with van der Waals surface area (Å²) in [5.41, 5.74) is 0. The summed E-state index contributed by atoms with van der Waals surface area (Å²) in [6.45, 7) is 1.30. The number of fused-ring (bicyclic) bond motifs is 3. The van der Waals surface area contributed by atoms with Crippen LogP contribution in [0.25, 0.3) is 0 Å². The summed E-state index contributed by atoms with van der Waals surface area (Å²) in [7, 11) is 0. The minimum Gasteiger partial charge on any atom is -0.393 e. The lowest BCUT2D eigenvalue weighted by atomic mass is 9.82. The molecular formula is C11H19NO. The van der Waals surface area contributed by atoms with Gasteiger partial charge >= 0.3 is 0 Å². The highest BCUT2D eigenvalue weighted by Gasteiger charge is 2.46. The fourth-order valence-corrected chi connectivity index (χ4v) is 3.81. The number of hydrogen-bond acceptors (Lipinski definition) is 2. The van der Waals surface area contributed by atoms with Gasteiger partial charge in [0.15, 0.2) is 0 Å². The summed E-state index contributed by atoms with van der Waals surface area (Å²) in [4.78, 5) is 2.69. The van der Waals surface area contributed by atoms with Crippen LogP contribution in [0.2, 0.25) is 0 Å². The molecule has 13 heavy (non-hydrogen) atoms. The predicted octanol–water partition coefficient (Wildman–Crippen LogP) is 1.38. The van der Waals surface area contributed by atoms with Crippen LogP contribution in [0.3, 0.4) is 0 Å². The molecule has 0 aromatic rings. The normalized spacial score (nSPS) is 50.5. The van der Waals surface area contributed by atoms with Crippen molar-refractivity contribution in [1.29, 1.82) is 0 Å². The van der Waals surface area contributed by atoms with Crippen molar-refractivity contribution in [3.63, 3.8) is 0 Å². The minimum atomic E-state index is 0.0179. The zero-order valence-corrected chi connectivity index (χ0v) is 8.15. The van der Waals surface area contributed by atoms with Gasteiger partial charge in [-0.05, 0) is 45.1 Å². The SMILES string of the molecule is O[C@@H]1CCC[C@H]2[C@@H]1C[C@H]1CCCN12. The van der Waals surface area contributed by atoms with E-state index in [4.69, 9.17) is 0 Å². The first kappa shape index (κ1) is 8.25. The van der Waals surface area contributed by atoms with E-state index >= 15 is 0 Å². The zero-order valence-electron chi connectivity index (χ0n) is 8.15. The van der Waals surface area contributed by atoms with Gasteiger partial charge in [0.05, 0.1) is 6.10 Å². The quantitative estimate of drug-likeness (QED) is 0.610. The molecule has 4 atom stereocenters. The van der Waals surface area contributed by atoms with Crippen molar-refractivity contribution in [2.24, 2.45) is 5.92 Å². The van der Waals surface area contributed by atoms with Crippen molar-refractivity contribution in [1.82, 2.24) is 4.90 Å². The maximum absolute atomic E-state index is 9.91. The van der Waals surface area contributed by atoms with Gasteiger partial charge in [0.2, 0.25) is 0 Å². The minimum absolute atomic E-state index is 0.0179. The summed E-state index contributed by atoms with van der Waals surface area (Å²) >= 11 is 0. The van der Waals surface area contributed by atoms with Crippen LogP contribution >= 0.6 is 0 Å². The van der Waals surface area contributed by atoms with E-state index in [-0.39, 0.29) is 6.10 Å². The van der Waals surface area contributed by atoms with Gasteiger partial charge < -0.3 is 5.11 Å². The molecule has 0 aromatic carbocycles. The van der Waals surface area contributed by atoms with E-state index in [9.17, 15) is 5.11 Å². The second kappa shape index (κ2) is 2.96. The molecule has 1 aliphatic carbocycles. The Hall–Kier alpha value is -0.0800. The molecule has 1 N–H and O–H groups in total. The first-order valence-corrected chi connectivity index (χ1v) is 5.80. The molecule has 2 heteroatoms. The third kappa shape index (κ3) is 1.15. The van der Waals surface area contributed by atoms with Gasteiger partial charge in [-0.25, -0.2) is 0 Å². The highest BCUT2D eigenvalue weighted by molar-refractivity contribution is 5.01. The molecule has 0 amide bonds. The van der Waals surface area contributed by atoms with Crippen LogP contribution in [0.1, 0.15) is 38.5 Å². The highest BCUT2D eigenvalue weighted by Crippen LogP contribution is 2.43. The Morgan fingerprint density at radius 3 is 2.92 bits per heavy atom. The number of nitrogens with zero attached hydrogens (tertiary/aromatic N) is 1. The van der Waals surface area contributed by atoms with E-state index < -0.39 is 0 Å². The van der Waals surface area contributed by atoms with Crippen molar-refractivity contribution in [3.05, 3.63) is 0 Å². The number of aliphatic hydroxyl groups is 1. The molecule has 0 radical (unpaired) electrons. The maximum atomic E-state index is 9.91. The molecule has 74 valence electrons. The second-order valence-corrected chi connectivity index (χ2v) is 5.00. The Kier molecular flexibility index (Phi) is 1.88. The van der Waals surface area contributed by atoms with Crippen LogP contribution in [0, 0.1) is 5.92 Å². The molecular weight excluding hydrogens is 162 g/mol. The average Bonchev–Trinajstić information content (AvgIpc) is 2.65. The van der Waals surface area contributed by atoms with Gasteiger partial charge in [0, 0.05) is 18.0 Å². The average molecular weight is 181 g/mol. The molecule has 1 saturated carbocycles. The lowest BCUT2D eigenvalue weighted by molar-refractivity contribution is 0.0428. The fraction of sp³-hybridized carbons (Fsp3) is 1.00. The molecule has 0 aromatic heterocycles. The van der Waals surface area contributed by atoms with E-state index in [1.165, 1.54) is 38.6 Å². The molecule has 0 spiro atoms. The molecule has 2 nitrogen and oxygen atoms in total. The Balaban J connectivity index is 1.81. The smallest absolute Gasteiger partial charge is 0.0583 e.